The molecule has 0 radical (unpaired) electrons. The molecule has 0 amide bonds. The van der Waals surface area contributed by atoms with Gasteiger partial charge in [0.25, 0.3) is 0 Å². The maximum absolute atomic E-state index is 12.2. The zero-order valence-electron chi connectivity index (χ0n) is 11.7. The lowest BCUT2D eigenvalue weighted by Gasteiger charge is -2.07. The first-order valence-corrected chi connectivity index (χ1v) is 8.05. The van der Waals surface area contributed by atoms with Gasteiger partial charge in [-0.05, 0) is 35.9 Å². The van der Waals surface area contributed by atoms with Crippen molar-refractivity contribution in [3.8, 4) is 11.5 Å². The van der Waals surface area contributed by atoms with E-state index in [0.29, 0.717) is 22.1 Å². The van der Waals surface area contributed by atoms with Crippen LogP contribution in [-0.2, 0) is 11.3 Å². The van der Waals surface area contributed by atoms with Crippen LogP contribution in [0.25, 0.3) is 10.2 Å². The van der Waals surface area contributed by atoms with Gasteiger partial charge in [0.05, 0.1) is 26.3 Å². The normalized spacial score (nSPS) is 12.6. The maximum atomic E-state index is 12.2. The molecule has 4 rings (SSSR count). The van der Waals surface area contributed by atoms with E-state index in [-0.39, 0.29) is 13.4 Å². The summed E-state index contributed by atoms with van der Waals surface area (Å²) in [6, 6.07) is 8.75. The number of benzene rings is 2. The predicted octanol–water partition coefficient (Wildman–Crippen LogP) is 4.04. The van der Waals surface area contributed by atoms with Gasteiger partial charge in [0.15, 0.2) is 11.5 Å². The number of esters is 1. The molecule has 0 bridgehead atoms. The van der Waals surface area contributed by atoms with E-state index in [1.807, 2.05) is 0 Å². The highest BCUT2D eigenvalue weighted by Gasteiger charge is 2.19. The third-order valence-electron chi connectivity index (χ3n) is 3.42. The number of ether oxygens (including phenoxy) is 3. The highest BCUT2D eigenvalue weighted by Crippen LogP contribution is 2.39. The molecule has 1 aromatic heterocycles. The van der Waals surface area contributed by atoms with E-state index < -0.39 is 5.97 Å². The Morgan fingerprint density at radius 2 is 2.22 bits per heavy atom. The molecule has 0 N–H and O–H groups in total. The number of carbonyl (C=O) groups excluding carboxylic acids is 1. The molecule has 2 aromatic carbocycles. The highest BCUT2D eigenvalue weighted by molar-refractivity contribution is 7.16. The molecule has 1 aliphatic heterocycles. The van der Waals surface area contributed by atoms with Gasteiger partial charge in [0.2, 0.25) is 6.79 Å². The summed E-state index contributed by atoms with van der Waals surface area (Å²) in [5.41, 5.74) is 3.85. The number of aromatic nitrogens is 1. The van der Waals surface area contributed by atoms with Gasteiger partial charge < -0.3 is 14.2 Å². The van der Waals surface area contributed by atoms with Crippen LogP contribution in [0.1, 0.15) is 15.9 Å². The van der Waals surface area contributed by atoms with Crippen molar-refractivity contribution in [1.82, 2.24) is 4.98 Å². The van der Waals surface area contributed by atoms with E-state index >= 15 is 0 Å². The maximum Gasteiger partial charge on any atom is 0.338 e. The van der Waals surface area contributed by atoms with Crippen LogP contribution >= 0.6 is 22.9 Å². The molecule has 0 atom stereocenters. The monoisotopic (exact) mass is 347 g/mol. The topological polar surface area (TPSA) is 57.7 Å². The van der Waals surface area contributed by atoms with E-state index in [9.17, 15) is 4.79 Å². The van der Waals surface area contributed by atoms with Crippen molar-refractivity contribution in [3.05, 3.63) is 52.0 Å². The standard InChI is InChI=1S/C16H10ClNO4S/c17-11-3-9(4-13-15(11)22-8-21-13)6-20-16(19)10-1-2-12-14(5-10)23-7-18-12/h1-5,7H,6,8H2. The summed E-state index contributed by atoms with van der Waals surface area (Å²) in [6.07, 6.45) is 0. The summed E-state index contributed by atoms with van der Waals surface area (Å²) in [7, 11) is 0. The Morgan fingerprint density at radius 3 is 3.13 bits per heavy atom. The SMILES string of the molecule is O=C(OCc1cc(Cl)c2c(c1)OCO2)c1ccc2ncsc2c1. The van der Waals surface area contributed by atoms with E-state index in [1.54, 1.807) is 35.8 Å². The number of fused-ring (bicyclic) bond motifs is 2. The lowest BCUT2D eigenvalue weighted by molar-refractivity contribution is 0.0472. The van der Waals surface area contributed by atoms with Crippen LogP contribution < -0.4 is 9.47 Å². The second kappa shape index (κ2) is 5.72. The fourth-order valence-electron chi connectivity index (χ4n) is 2.32. The molecule has 0 saturated carbocycles. The number of carbonyl (C=O) groups is 1. The zero-order valence-corrected chi connectivity index (χ0v) is 13.3. The summed E-state index contributed by atoms with van der Waals surface area (Å²) < 4.78 is 16.8. The number of hydrogen-bond acceptors (Lipinski definition) is 6. The summed E-state index contributed by atoms with van der Waals surface area (Å²) in [5.74, 6) is 0.695. The number of nitrogens with zero attached hydrogens (tertiary/aromatic N) is 1. The molecule has 116 valence electrons. The predicted molar refractivity (Wildman–Crippen MR) is 86.3 cm³/mol. The van der Waals surface area contributed by atoms with E-state index in [4.69, 9.17) is 25.8 Å². The molecular formula is C16H10ClNO4S. The van der Waals surface area contributed by atoms with Gasteiger partial charge in [-0.3, -0.25) is 0 Å². The summed E-state index contributed by atoms with van der Waals surface area (Å²) in [4.78, 5) is 16.4. The van der Waals surface area contributed by atoms with Crippen molar-refractivity contribution >= 4 is 39.1 Å². The molecule has 3 aromatic rings. The molecule has 2 heterocycles. The van der Waals surface area contributed by atoms with Crippen LogP contribution in [0.5, 0.6) is 11.5 Å². The van der Waals surface area contributed by atoms with Crippen molar-refractivity contribution in [2.75, 3.05) is 6.79 Å². The summed E-state index contributed by atoms with van der Waals surface area (Å²) in [5, 5.41) is 0.442. The zero-order chi connectivity index (χ0) is 15.8. The summed E-state index contributed by atoms with van der Waals surface area (Å²) in [6.45, 7) is 0.253. The van der Waals surface area contributed by atoms with Crippen LogP contribution in [0.3, 0.4) is 0 Å². The molecule has 7 heteroatoms. The van der Waals surface area contributed by atoms with Crippen LogP contribution in [-0.4, -0.2) is 17.7 Å². The first-order chi connectivity index (χ1) is 11.2. The Kier molecular flexibility index (Phi) is 3.55. The average molecular weight is 348 g/mol. The average Bonchev–Trinajstić information content (AvgIpc) is 3.20. The molecule has 1 aliphatic rings. The smallest absolute Gasteiger partial charge is 0.338 e. The molecular weight excluding hydrogens is 338 g/mol. The molecule has 0 aliphatic carbocycles. The third kappa shape index (κ3) is 2.71. The van der Waals surface area contributed by atoms with Gasteiger partial charge in [-0.2, -0.15) is 0 Å². The Labute approximate surface area is 140 Å². The van der Waals surface area contributed by atoms with Gasteiger partial charge in [0.1, 0.15) is 6.61 Å². The highest BCUT2D eigenvalue weighted by atomic mass is 35.5. The third-order valence-corrected chi connectivity index (χ3v) is 4.50. The first-order valence-electron chi connectivity index (χ1n) is 6.79. The molecule has 5 nitrogen and oxygen atoms in total. The molecule has 0 spiro atoms. The van der Waals surface area contributed by atoms with Crippen molar-refractivity contribution in [1.29, 1.82) is 0 Å². The Balaban J connectivity index is 1.50. The van der Waals surface area contributed by atoms with Gasteiger partial charge >= 0.3 is 5.97 Å². The molecule has 0 saturated heterocycles. The lowest BCUT2D eigenvalue weighted by Crippen LogP contribution is -2.05. The number of thiazole rings is 1. The number of hydrogen-bond donors (Lipinski definition) is 0. The van der Waals surface area contributed by atoms with Gasteiger partial charge in [-0.1, -0.05) is 11.6 Å². The molecule has 0 unspecified atom stereocenters. The van der Waals surface area contributed by atoms with E-state index in [2.05, 4.69) is 4.98 Å². The number of halogens is 1. The minimum atomic E-state index is -0.394. The minimum Gasteiger partial charge on any atom is -0.457 e. The lowest BCUT2D eigenvalue weighted by atomic mass is 10.2. The van der Waals surface area contributed by atoms with Crippen molar-refractivity contribution in [3.63, 3.8) is 0 Å². The molecule has 23 heavy (non-hydrogen) atoms. The van der Waals surface area contributed by atoms with Crippen LogP contribution in [0, 0.1) is 0 Å². The van der Waals surface area contributed by atoms with Gasteiger partial charge in [0, 0.05) is 0 Å². The first kappa shape index (κ1) is 14.3. The summed E-state index contributed by atoms with van der Waals surface area (Å²) >= 11 is 7.59. The van der Waals surface area contributed by atoms with E-state index in [0.717, 1.165) is 15.8 Å². The van der Waals surface area contributed by atoms with Crippen LogP contribution in [0.2, 0.25) is 5.02 Å². The second-order valence-corrected chi connectivity index (χ2v) is 6.22. The second-order valence-electron chi connectivity index (χ2n) is 4.92. The molecule has 0 fully saturated rings. The van der Waals surface area contributed by atoms with Crippen molar-refractivity contribution < 1.29 is 19.0 Å². The largest absolute Gasteiger partial charge is 0.457 e. The van der Waals surface area contributed by atoms with Gasteiger partial charge in [-0.15, -0.1) is 11.3 Å². The number of rotatable bonds is 3. The van der Waals surface area contributed by atoms with Crippen molar-refractivity contribution in [2.45, 2.75) is 6.61 Å². The Hall–Kier alpha value is -2.31. The van der Waals surface area contributed by atoms with E-state index in [1.165, 1.54) is 11.3 Å². The van der Waals surface area contributed by atoms with Gasteiger partial charge in [-0.25, -0.2) is 9.78 Å². The van der Waals surface area contributed by atoms with Crippen LogP contribution in [0.15, 0.2) is 35.8 Å². The minimum absolute atomic E-state index is 0.107. The van der Waals surface area contributed by atoms with Crippen LogP contribution in [0.4, 0.5) is 0 Å². The Morgan fingerprint density at radius 1 is 1.30 bits per heavy atom. The quantitative estimate of drug-likeness (QED) is 0.669. The Bertz CT molecular complexity index is 908. The fraction of sp³-hybridized carbons (Fsp3) is 0.125. The fourth-order valence-corrected chi connectivity index (χ4v) is 3.32. The van der Waals surface area contributed by atoms with Crippen molar-refractivity contribution in [2.24, 2.45) is 0 Å².